The number of methoxy groups -OCH3 is 1. The fourth-order valence-electron chi connectivity index (χ4n) is 4.10. The fraction of sp³-hybridized carbons (Fsp3) is 0.194. The van der Waals surface area contributed by atoms with Crippen LogP contribution in [-0.4, -0.2) is 46.5 Å². The van der Waals surface area contributed by atoms with Crippen molar-refractivity contribution in [1.82, 2.24) is 9.99 Å². The van der Waals surface area contributed by atoms with E-state index in [1.54, 1.807) is 51.2 Å². The monoisotopic (exact) mass is 539 g/mol. The van der Waals surface area contributed by atoms with Crippen molar-refractivity contribution in [3.8, 4) is 5.75 Å². The molecule has 0 saturated heterocycles. The third kappa shape index (κ3) is 7.15. The second-order valence-electron chi connectivity index (χ2n) is 9.89. The number of allylic oxidation sites excluding steroid dienone is 1. The average Bonchev–Trinajstić information content (AvgIpc) is 2.93. The van der Waals surface area contributed by atoms with Crippen LogP contribution in [-0.2, 0) is 9.59 Å². The number of ether oxygens (including phenoxy) is 1. The predicted molar refractivity (Wildman–Crippen MR) is 158 cm³/mol. The van der Waals surface area contributed by atoms with Gasteiger partial charge in [0.1, 0.15) is 11.3 Å². The minimum atomic E-state index is -1.09. The van der Waals surface area contributed by atoms with Crippen molar-refractivity contribution < 1.29 is 19.4 Å². The molecule has 4 aromatic rings. The second kappa shape index (κ2) is 12.3. The molecule has 1 amide bonds. The van der Waals surface area contributed by atoms with Crippen LogP contribution >= 0.6 is 0 Å². The zero-order valence-corrected chi connectivity index (χ0v) is 22.9. The van der Waals surface area contributed by atoms with E-state index in [4.69, 9.17) is 4.74 Å². The molecule has 0 atom stereocenters. The number of aliphatic hydroxyl groups is 1. The molecule has 1 aromatic heterocycles. The molecule has 0 bridgehead atoms. The van der Waals surface area contributed by atoms with Crippen molar-refractivity contribution in [2.24, 2.45) is 0 Å². The lowest BCUT2D eigenvalue weighted by Gasteiger charge is -2.33. The van der Waals surface area contributed by atoms with E-state index in [2.05, 4.69) is 21.0 Å². The van der Waals surface area contributed by atoms with Gasteiger partial charge in [0.25, 0.3) is 5.91 Å². The van der Waals surface area contributed by atoms with Crippen molar-refractivity contribution in [3.05, 3.63) is 96.3 Å². The van der Waals surface area contributed by atoms with Crippen LogP contribution in [0, 0.1) is 0 Å². The molecule has 206 valence electrons. The Morgan fingerprint density at radius 2 is 1.70 bits per heavy atom. The minimum Gasteiger partial charge on any atom is -0.497 e. The van der Waals surface area contributed by atoms with Crippen LogP contribution in [0.15, 0.2) is 96.3 Å². The van der Waals surface area contributed by atoms with E-state index in [9.17, 15) is 14.7 Å². The molecule has 4 rings (SSSR count). The number of amides is 1. The number of benzene rings is 3. The Kier molecular flexibility index (Phi) is 8.66. The topological polar surface area (TPSA) is 116 Å². The molecule has 9 heteroatoms. The first-order valence-electron chi connectivity index (χ1n) is 12.8. The number of aromatic nitrogens is 1. The summed E-state index contributed by atoms with van der Waals surface area (Å²) in [5, 5.41) is 19.2. The third-order valence-corrected chi connectivity index (χ3v) is 6.11. The van der Waals surface area contributed by atoms with Crippen LogP contribution in [0.1, 0.15) is 20.8 Å². The number of hydrazine groups is 1. The highest BCUT2D eigenvalue weighted by Crippen LogP contribution is 2.28. The van der Waals surface area contributed by atoms with Crippen LogP contribution in [0.3, 0.4) is 0 Å². The molecule has 0 unspecified atom stereocenters. The highest BCUT2D eigenvalue weighted by molar-refractivity contribution is 6.17. The average molecular weight is 540 g/mol. The van der Waals surface area contributed by atoms with Gasteiger partial charge in [-0.3, -0.25) is 25.0 Å². The molecule has 0 aliphatic carbocycles. The van der Waals surface area contributed by atoms with Gasteiger partial charge in [-0.2, -0.15) is 0 Å². The molecule has 0 aliphatic heterocycles. The van der Waals surface area contributed by atoms with E-state index in [1.807, 2.05) is 66.7 Å². The van der Waals surface area contributed by atoms with Crippen LogP contribution in [0.25, 0.3) is 10.9 Å². The number of pyridine rings is 1. The Morgan fingerprint density at radius 1 is 1.00 bits per heavy atom. The van der Waals surface area contributed by atoms with Gasteiger partial charge in [0, 0.05) is 40.4 Å². The molecule has 0 radical (unpaired) electrons. The van der Waals surface area contributed by atoms with Crippen molar-refractivity contribution in [2.75, 3.05) is 29.7 Å². The van der Waals surface area contributed by atoms with Gasteiger partial charge in [0.15, 0.2) is 6.29 Å². The van der Waals surface area contributed by atoms with Crippen molar-refractivity contribution >= 4 is 45.8 Å². The van der Waals surface area contributed by atoms with Crippen LogP contribution in [0.4, 0.5) is 22.7 Å². The van der Waals surface area contributed by atoms with E-state index >= 15 is 0 Å². The summed E-state index contributed by atoms with van der Waals surface area (Å²) >= 11 is 0. The molecule has 40 heavy (non-hydrogen) atoms. The normalized spacial score (nSPS) is 11.8. The summed E-state index contributed by atoms with van der Waals surface area (Å²) in [7, 11) is 1.62. The number of carbonyl (C=O) groups is 2. The number of rotatable bonds is 11. The van der Waals surface area contributed by atoms with E-state index < -0.39 is 11.5 Å². The van der Waals surface area contributed by atoms with Gasteiger partial charge in [0.2, 0.25) is 0 Å². The highest BCUT2D eigenvalue weighted by atomic mass is 16.5. The van der Waals surface area contributed by atoms with E-state index in [1.165, 1.54) is 0 Å². The smallest absolute Gasteiger partial charge is 0.260 e. The van der Waals surface area contributed by atoms with E-state index in [0.717, 1.165) is 33.7 Å². The Labute approximate surface area is 233 Å². The maximum atomic E-state index is 13.1. The van der Waals surface area contributed by atoms with Gasteiger partial charge < -0.3 is 20.5 Å². The molecule has 1 heterocycles. The zero-order chi connectivity index (χ0) is 28.7. The molecule has 0 spiro atoms. The largest absolute Gasteiger partial charge is 0.497 e. The van der Waals surface area contributed by atoms with Gasteiger partial charge in [-0.15, -0.1) is 0 Å². The Bertz CT molecular complexity index is 1510. The SMILES string of the molecule is COc1ccc2c(Nc3ccc(NC(=O)/C(C=O)=C(\C)N(CC(C)(C)O)Nc4ccccc4)cc3)ccnc2c1. The summed E-state index contributed by atoms with van der Waals surface area (Å²) in [5.74, 6) is 0.174. The number of nitrogens with zero attached hydrogens (tertiary/aromatic N) is 2. The zero-order valence-electron chi connectivity index (χ0n) is 22.9. The minimum absolute atomic E-state index is 0.0615. The highest BCUT2D eigenvalue weighted by Gasteiger charge is 2.23. The molecule has 0 aliphatic rings. The Morgan fingerprint density at radius 3 is 2.35 bits per heavy atom. The van der Waals surface area contributed by atoms with Crippen LogP contribution in [0.2, 0.25) is 0 Å². The lowest BCUT2D eigenvalue weighted by Crippen LogP contribution is -2.42. The molecule has 3 aromatic carbocycles. The molecule has 9 nitrogen and oxygen atoms in total. The quantitative estimate of drug-likeness (QED) is 0.0650. The maximum absolute atomic E-state index is 13.1. The standard InChI is InChI=1S/C31H33N5O4/c1-21(36(20-31(2,3)39)35-24-8-6-5-7-9-24)27(19-37)30(38)34-23-12-10-22(11-13-23)33-28-16-17-32-29-18-25(40-4)14-15-26(28)29/h5-19,35,39H,20H2,1-4H3,(H,32,33)(H,34,38)/b27-21+. The van der Waals surface area contributed by atoms with Gasteiger partial charge in [-0.25, -0.2) is 0 Å². The molecule has 0 saturated carbocycles. The summed E-state index contributed by atoms with van der Waals surface area (Å²) in [4.78, 5) is 29.6. The van der Waals surface area contributed by atoms with E-state index in [0.29, 0.717) is 17.7 Å². The van der Waals surface area contributed by atoms with Crippen LogP contribution < -0.4 is 20.8 Å². The lowest BCUT2D eigenvalue weighted by atomic mass is 10.1. The third-order valence-electron chi connectivity index (χ3n) is 6.11. The summed E-state index contributed by atoms with van der Waals surface area (Å²) in [6.45, 7) is 5.10. The number of fused-ring (bicyclic) bond motifs is 1. The summed E-state index contributed by atoms with van der Waals surface area (Å²) in [5.41, 5.74) is 6.16. The van der Waals surface area contributed by atoms with Crippen molar-refractivity contribution in [1.29, 1.82) is 0 Å². The number of hydrogen-bond donors (Lipinski definition) is 4. The molecular formula is C31H33N5O4. The number of hydrogen-bond acceptors (Lipinski definition) is 8. The van der Waals surface area contributed by atoms with Crippen molar-refractivity contribution in [2.45, 2.75) is 26.4 Å². The predicted octanol–water partition coefficient (Wildman–Crippen LogP) is 5.50. The van der Waals surface area contributed by atoms with Crippen LogP contribution in [0.5, 0.6) is 5.75 Å². The number of carbonyl (C=O) groups excluding carboxylic acids is 2. The first kappa shape index (κ1) is 28.1. The number of para-hydroxylation sites is 1. The summed E-state index contributed by atoms with van der Waals surface area (Å²) < 4.78 is 5.29. The summed E-state index contributed by atoms with van der Waals surface area (Å²) in [6, 6.07) is 24.1. The lowest BCUT2D eigenvalue weighted by molar-refractivity contribution is -0.115. The number of aldehydes is 1. The van der Waals surface area contributed by atoms with Gasteiger partial charge in [0.05, 0.1) is 30.5 Å². The van der Waals surface area contributed by atoms with Gasteiger partial charge in [-0.05, 0) is 75.4 Å². The Balaban J connectivity index is 1.50. The van der Waals surface area contributed by atoms with E-state index in [-0.39, 0.29) is 12.1 Å². The van der Waals surface area contributed by atoms with Crippen molar-refractivity contribution in [3.63, 3.8) is 0 Å². The molecular weight excluding hydrogens is 506 g/mol. The fourth-order valence-corrected chi connectivity index (χ4v) is 4.10. The number of nitrogens with one attached hydrogen (secondary N) is 3. The van der Waals surface area contributed by atoms with Gasteiger partial charge >= 0.3 is 0 Å². The van der Waals surface area contributed by atoms with Gasteiger partial charge in [-0.1, -0.05) is 18.2 Å². The first-order chi connectivity index (χ1) is 19.2. The Hall–Kier alpha value is -4.89. The molecule has 4 N–H and O–H groups in total. The summed E-state index contributed by atoms with van der Waals surface area (Å²) in [6.07, 6.45) is 2.25. The first-order valence-corrected chi connectivity index (χ1v) is 12.8. The molecule has 0 fully saturated rings. The maximum Gasteiger partial charge on any atom is 0.260 e. The number of anilines is 4. The second-order valence-corrected chi connectivity index (χ2v) is 9.89.